The molecule has 1 aromatic rings. The summed E-state index contributed by atoms with van der Waals surface area (Å²) in [5, 5.41) is 8.87. The molecule has 82 valence electrons. The van der Waals surface area contributed by atoms with Crippen molar-refractivity contribution in [2.45, 2.75) is 13.5 Å². The molecule has 2 nitrogen and oxygen atoms in total. The lowest BCUT2D eigenvalue weighted by molar-refractivity contribution is 0.0478. The van der Waals surface area contributed by atoms with E-state index in [4.69, 9.17) is 5.11 Å². The maximum atomic E-state index is 13.1. The zero-order chi connectivity index (χ0) is 10.8. The van der Waals surface area contributed by atoms with Crippen LogP contribution in [0.2, 0.25) is 0 Å². The molecule has 15 heavy (non-hydrogen) atoms. The Morgan fingerprint density at radius 2 is 2.13 bits per heavy atom. The number of nitrogens with zero attached hydrogens (tertiary/aromatic N) is 1. The van der Waals surface area contributed by atoms with Gasteiger partial charge >= 0.3 is 0 Å². The van der Waals surface area contributed by atoms with Crippen LogP contribution in [0, 0.1) is 18.7 Å². The van der Waals surface area contributed by atoms with Crippen molar-refractivity contribution in [2.75, 3.05) is 19.7 Å². The highest BCUT2D eigenvalue weighted by Gasteiger charge is 2.25. The van der Waals surface area contributed by atoms with Crippen LogP contribution in [-0.4, -0.2) is 29.7 Å². The normalized spacial score (nSPS) is 17.8. The van der Waals surface area contributed by atoms with Gasteiger partial charge in [-0.05, 0) is 30.2 Å². The second-order valence-corrected chi connectivity index (χ2v) is 4.38. The lowest BCUT2D eigenvalue weighted by Crippen LogP contribution is -2.47. The SMILES string of the molecule is Cc1cc(F)cc(CN2CC(CO)C2)c1. The van der Waals surface area contributed by atoms with Crippen LogP contribution in [0.25, 0.3) is 0 Å². The lowest BCUT2D eigenvalue weighted by Gasteiger charge is -2.38. The third-order valence-corrected chi connectivity index (χ3v) is 2.80. The summed E-state index contributed by atoms with van der Waals surface area (Å²) in [6, 6.07) is 5.13. The average Bonchev–Trinajstić information content (AvgIpc) is 2.08. The number of hydrogen-bond donors (Lipinski definition) is 1. The maximum absolute atomic E-state index is 13.1. The van der Waals surface area contributed by atoms with Gasteiger partial charge in [0.2, 0.25) is 0 Å². The van der Waals surface area contributed by atoms with Crippen molar-refractivity contribution in [3.63, 3.8) is 0 Å². The molecule has 2 rings (SSSR count). The molecule has 0 bridgehead atoms. The first-order valence-corrected chi connectivity index (χ1v) is 5.26. The van der Waals surface area contributed by atoms with Crippen LogP contribution < -0.4 is 0 Å². The molecule has 1 N–H and O–H groups in total. The van der Waals surface area contributed by atoms with E-state index in [9.17, 15) is 4.39 Å². The Morgan fingerprint density at radius 1 is 1.40 bits per heavy atom. The number of likely N-dealkylation sites (tertiary alicyclic amines) is 1. The smallest absolute Gasteiger partial charge is 0.123 e. The molecule has 3 heteroatoms. The molecular formula is C12H16FNO. The van der Waals surface area contributed by atoms with Gasteiger partial charge < -0.3 is 5.11 Å². The van der Waals surface area contributed by atoms with Gasteiger partial charge in [0.1, 0.15) is 5.82 Å². The Hall–Kier alpha value is -0.930. The van der Waals surface area contributed by atoms with Gasteiger partial charge in [-0.3, -0.25) is 4.90 Å². The van der Waals surface area contributed by atoms with E-state index < -0.39 is 0 Å². The van der Waals surface area contributed by atoms with E-state index in [0.717, 1.165) is 30.8 Å². The summed E-state index contributed by atoms with van der Waals surface area (Å²) in [6.45, 7) is 4.80. The van der Waals surface area contributed by atoms with E-state index in [1.54, 1.807) is 6.07 Å². The molecule has 0 atom stereocenters. The van der Waals surface area contributed by atoms with Crippen LogP contribution in [-0.2, 0) is 6.54 Å². The standard InChI is InChI=1S/C12H16FNO/c1-9-2-10(4-12(13)3-9)5-14-6-11(7-14)8-15/h2-4,11,15H,5-8H2,1H3. The minimum absolute atomic E-state index is 0.163. The molecule has 0 unspecified atom stereocenters. The largest absolute Gasteiger partial charge is 0.396 e. The summed E-state index contributed by atoms with van der Waals surface area (Å²) in [6.07, 6.45) is 0. The quantitative estimate of drug-likeness (QED) is 0.816. The Labute approximate surface area is 89.3 Å². The second-order valence-electron chi connectivity index (χ2n) is 4.38. The molecule has 1 saturated heterocycles. The van der Waals surface area contributed by atoms with E-state index >= 15 is 0 Å². The summed E-state index contributed by atoms with van der Waals surface area (Å²) in [5.74, 6) is 0.254. The fraction of sp³-hybridized carbons (Fsp3) is 0.500. The molecule has 1 fully saturated rings. The summed E-state index contributed by atoms with van der Waals surface area (Å²) >= 11 is 0. The highest BCUT2D eigenvalue weighted by molar-refractivity contribution is 5.23. The van der Waals surface area contributed by atoms with Gasteiger partial charge in [-0.25, -0.2) is 4.39 Å². The highest BCUT2D eigenvalue weighted by Crippen LogP contribution is 2.19. The molecular weight excluding hydrogens is 193 g/mol. The second kappa shape index (κ2) is 4.29. The molecule has 0 amide bonds. The van der Waals surface area contributed by atoms with Crippen molar-refractivity contribution < 1.29 is 9.50 Å². The highest BCUT2D eigenvalue weighted by atomic mass is 19.1. The molecule has 0 saturated carbocycles. The van der Waals surface area contributed by atoms with Gasteiger partial charge in [0.05, 0.1) is 0 Å². The van der Waals surface area contributed by atoms with Gasteiger partial charge in [0.15, 0.2) is 0 Å². The van der Waals surface area contributed by atoms with Gasteiger partial charge in [-0.1, -0.05) is 6.07 Å². The average molecular weight is 209 g/mol. The Bertz CT molecular complexity index is 327. The first kappa shape index (κ1) is 10.6. The van der Waals surface area contributed by atoms with Gasteiger partial charge in [-0.15, -0.1) is 0 Å². The minimum Gasteiger partial charge on any atom is -0.396 e. The molecule has 1 heterocycles. The van der Waals surface area contributed by atoms with E-state index in [0.29, 0.717) is 5.92 Å². The van der Waals surface area contributed by atoms with Crippen LogP contribution in [0.5, 0.6) is 0 Å². The fourth-order valence-electron chi connectivity index (χ4n) is 2.08. The predicted octanol–water partition coefficient (Wildman–Crippen LogP) is 1.56. The third-order valence-electron chi connectivity index (χ3n) is 2.80. The predicted molar refractivity (Wildman–Crippen MR) is 57.0 cm³/mol. The lowest BCUT2D eigenvalue weighted by atomic mass is 10.00. The number of halogens is 1. The zero-order valence-corrected chi connectivity index (χ0v) is 8.91. The van der Waals surface area contributed by atoms with Gasteiger partial charge in [-0.2, -0.15) is 0 Å². The molecule has 0 radical (unpaired) electrons. The van der Waals surface area contributed by atoms with Crippen LogP contribution >= 0.6 is 0 Å². The monoisotopic (exact) mass is 209 g/mol. The van der Waals surface area contributed by atoms with Crippen molar-refractivity contribution in [3.8, 4) is 0 Å². The molecule has 0 aromatic heterocycles. The summed E-state index contributed by atoms with van der Waals surface area (Å²) in [4.78, 5) is 2.22. The zero-order valence-electron chi connectivity index (χ0n) is 8.91. The molecule has 1 aliphatic heterocycles. The first-order valence-electron chi connectivity index (χ1n) is 5.26. The van der Waals surface area contributed by atoms with Crippen molar-refractivity contribution in [1.29, 1.82) is 0 Å². The molecule has 0 aliphatic carbocycles. The van der Waals surface area contributed by atoms with E-state index in [2.05, 4.69) is 4.90 Å². The minimum atomic E-state index is -0.163. The maximum Gasteiger partial charge on any atom is 0.123 e. The Morgan fingerprint density at radius 3 is 2.73 bits per heavy atom. The number of aliphatic hydroxyl groups is 1. The number of hydrogen-bond acceptors (Lipinski definition) is 2. The molecule has 1 aliphatic rings. The van der Waals surface area contributed by atoms with Crippen LogP contribution in [0.4, 0.5) is 4.39 Å². The van der Waals surface area contributed by atoms with Crippen molar-refractivity contribution >= 4 is 0 Å². The van der Waals surface area contributed by atoms with E-state index in [1.165, 1.54) is 6.07 Å². The van der Waals surface area contributed by atoms with Gasteiger partial charge in [0, 0.05) is 32.2 Å². The fourth-order valence-corrected chi connectivity index (χ4v) is 2.08. The van der Waals surface area contributed by atoms with Crippen LogP contribution in [0.3, 0.4) is 0 Å². The number of rotatable bonds is 3. The van der Waals surface area contributed by atoms with E-state index in [1.807, 2.05) is 13.0 Å². The molecule has 1 aromatic carbocycles. The Kier molecular flexibility index (Phi) is 3.03. The number of aryl methyl sites for hydroxylation is 1. The molecule has 0 spiro atoms. The first-order chi connectivity index (χ1) is 7.17. The van der Waals surface area contributed by atoms with Crippen LogP contribution in [0.15, 0.2) is 18.2 Å². The van der Waals surface area contributed by atoms with Crippen LogP contribution in [0.1, 0.15) is 11.1 Å². The van der Waals surface area contributed by atoms with Crippen molar-refractivity contribution in [1.82, 2.24) is 4.90 Å². The summed E-state index contributed by atoms with van der Waals surface area (Å²) in [7, 11) is 0. The van der Waals surface area contributed by atoms with Crippen molar-refractivity contribution in [2.24, 2.45) is 5.92 Å². The summed E-state index contributed by atoms with van der Waals surface area (Å²) < 4.78 is 13.1. The number of benzene rings is 1. The van der Waals surface area contributed by atoms with Crippen molar-refractivity contribution in [3.05, 3.63) is 35.1 Å². The van der Waals surface area contributed by atoms with Gasteiger partial charge in [0.25, 0.3) is 0 Å². The third kappa shape index (κ3) is 2.55. The Balaban J connectivity index is 1.94. The summed E-state index contributed by atoms with van der Waals surface area (Å²) in [5.41, 5.74) is 1.98. The topological polar surface area (TPSA) is 23.5 Å². The number of aliphatic hydroxyl groups excluding tert-OH is 1. The van der Waals surface area contributed by atoms with E-state index in [-0.39, 0.29) is 12.4 Å².